The Kier molecular flexibility index (Phi) is 4.55. The van der Waals surface area contributed by atoms with Crippen molar-refractivity contribution in [2.45, 2.75) is 11.9 Å². The molecule has 0 bridgehead atoms. The van der Waals surface area contributed by atoms with Crippen molar-refractivity contribution in [3.8, 4) is 6.07 Å². The maximum Gasteiger partial charge on any atom is 0.234 e. The van der Waals surface area contributed by atoms with Gasteiger partial charge in [0.1, 0.15) is 16.2 Å². The second-order valence-electron chi connectivity index (χ2n) is 4.78. The lowest BCUT2D eigenvalue weighted by Gasteiger charge is -2.05. The molecule has 0 aliphatic rings. The second-order valence-corrected chi connectivity index (χ2v) is 6.98. The fourth-order valence-electron chi connectivity index (χ4n) is 2.03. The number of carbonyl (C=O) groups is 1. The zero-order chi connectivity index (χ0) is 16.2. The molecule has 0 aliphatic heterocycles. The lowest BCUT2D eigenvalue weighted by molar-refractivity contribution is -0.113. The van der Waals surface area contributed by atoms with Crippen LogP contribution in [0.1, 0.15) is 10.4 Å². The second kappa shape index (κ2) is 6.77. The number of benzene rings is 1. The molecule has 2 aromatic heterocycles. The van der Waals surface area contributed by atoms with Crippen LogP contribution in [0.15, 0.2) is 41.7 Å². The summed E-state index contributed by atoms with van der Waals surface area (Å²) in [6.07, 6.45) is 1.53. The fraction of sp³-hybridized carbons (Fsp3) is 0.125. The Morgan fingerprint density at radius 2 is 2.13 bits per heavy atom. The van der Waals surface area contributed by atoms with Gasteiger partial charge in [0, 0.05) is 16.0 Å². The summed E-state index contributed by atoms with van der Waals surface area (Å²) in [5.41, 5.74) is 1.24. The Labute approximate surface area is 141 Å². The monoisotopic (exact) mass is 340 g/mol. The first-order valence-electron chi connectivity index (χ1n) is 6.79. The lowest BCUT2D eigenvalue weighted by atomic mass is 10.2. The van der Waals surface area contributed by atoms with Crippen LogP contribution < -0.4 is 5.32 Å². The molecule has 2 heterocycles. The van der Waals surface area contributed by atoms with Crippen molar-refractivity contribution in [2.24, 2.45) is 0 Å². The number of thioether (sulfide) groups is 1. The van der Waals surface area contributed by atoms with Crippen LogP contribution in [0.5, 0.6) is 0 Å². The third-order valence-corrected chi connectivity index (χ3v) is 5.02. The maximum atomic E-state index is 12.0. The van der Waals surface area contributed by atoms with Gasteiger partial charge in [-0.15, -0.1) is 11.3 Å². The maximum absolute atomic E-state index is 12.0. The standard InChI is InChI=1S/C16H12N4OS2/c1-10-6-13-15(18-9-19-16(13)23-10)22-8-14(21)20-12-4-2-11(7-17)3-5-12/h2-6,9H,8H2,1H3,(H,20,21). The van der Waals surface area contributed by atoms with Gasteiger partial charge in [0.25, 0.3) is 0 Å². The van der Waals surface area contributed by atoms with Crippen molar-refractivity contribution in [1.82, 2.24) is 9.97 Å². The van der Waals surface area contributed by atoms with E-state index in [2.05, 4.69) is 15.3 Å². The summed E-state index contributed by atoms with van der Waals surface area (Å²) < 4.78 is 0. The fourth-order valence-corrected chi connectivity index (χ4v) is 3.71. The van der Waals surface area contributed by atoms with Crippen LogP contribution in [0.3, 0.4) is 0 Å². The molecule has 0 saturated heterocycles. The normalized spacial score (nSPS) is 10.4. The smallest absolute Gasteiger partial charge is 0.234 e. The third-order valence-electron chi connectivity index (χ3n) is 3.05. The number of nitrogens with zero attached hydrogens (tertiary/aromatic N) is 3. The average molecular weight is 340 g/mol. The molecule has 3 rings (SSSR count). The van der Waals surface area contributed by atoms with Crippen LogP contribution in [-0.4, -0.2) is 21.6 Å². The first kappa shape index (κ1) is 15.5. The number of nitrogens with one attached hydrogen (secondary N) is 1. The van der Waals surface area contributed by atoms with E-state index in [1.165, 1.54) is 23.0 Å². The minimum Gasteiger partial charge on any atom is -0.325 e. The Morgan fingerprint density at radius 1 is 1.35 bits per heavy atom. The summed E-state index contributed by atoms with van der Waals surface area (Å²) in [5, 5.41) is 13.4. The number of rotatable bonds is 4. The molecule has 114 valence electrons. The highest BCUT2D eigenvalue weighted by Gasteiger charge is 2.10. The van der Waals surface area contributed by atoms with Crippen molar-refractivity contribution in [3.63, 3.8) is 0 Å². The van der Waals surface area contributed by atoms with Crippen molar-refractivity contribution < 1.29 is 4.79 Å². The van der Waals surface area contributed by atoms with Crippen LogP contribution in [0.2, 0.25) is 0 Å². The number of anilines is 1. The Bertz CT molecular complexity index is 897. The molecule has 5 nitrogen and oxygen atoms in total. The number of hydrogen-bond acceptors (Lipinski definition) is 6. The van der Waals surface area contributed by atoms with E-state index in [-0.39, 0.29) is 11.7 Å². The summed E-state index contributed by atoms with van der Waals surface area (Å²) in [4.78, 5) is 22.7. The Balaban J connectivity index is 1.65. The van der Waals surface area contributed by atoms with Crippen LogP contribution in [0.25, 0.3) is 10.2 Å². The molecular weight excluding hydrogens is 328 g/mol. The average Bonchev–Trinajstić information content (AvgIpc) is 2.94. The van der Waals surface area contributed by atoms with E-state index in [4.69, 9.17) is 5.26 Å². The number of aromatic nitrogens is 2. The Morgan fingerprint density at radius 3 is 2.87 bits per heavy atom. The molecule has 23 heavy (non-hydrogen) atoms. The van der Waals surface area contributed by atoms with E-state index in [0.29, 0.717) is 11.3 Å². The summed E-state index contributed by atoms with van der Waals surface area (Å²) in [6.45, 7) is 2.03. The highest BCUT2D eigenvalue weighted by Crippen LogP contribution is 2.30. The Hall–Kier alpha value is -2.43. The van der Waals surface area contributed by atoms with Gasteiger partial charge in [0.15, 0.2) is 0 Å². The van der Waals surface area contributed by atoms with E-state index in [9.17, 15) is 4.79 Å². The molecule has 7 heteroatoms. The molecule has 0 fully saturated rings. The zero-order valence-electron chi connectivity index (χ0n) is 12.2. The van der Waals surface area contributed by atoms with E-state index in [0.717, 1.165) is 15.2 Å². The summed E-state index contributed by atoms with van der Waals surface area (Å²) >= 11 is 3.00. The molecular formula is C16H12N4OS2. The number of hydrogen-bond donors (Lipinski definition) is 1. The van der Waals surface area contributed by atoms with Gasteiger partial charge >= 0.3 is 0 Å². The molecule has 0 saturated carbocycles. The molecule has 0 unspecified atom stereocenters. The van der Waals surface area contributed by atoms with Gasteiger partial charge in [0.05, 0.1) is 17.4 Å². The number of amides is 1. The number of nitriles is 1. The predicted octanol–water partition coefficient (Wildman–Crippen LogP) is 3.60. The van der Waals surface area contributed by atoms with E-state index in [1.54, 1.807) is 35.6 Å². The van der Waals surface area contributed by atoms with E-state index in [1.807, 2.05) is 19.1 Å². The highest BCUT2D eigenvalue weighted by molar-refractivity contribution is 8.00. The van der Waals surface area contributed by atoms with E-state index >= 15 is 0 Å². The summed E-state index contributed by atoms with van der Waals surface area (Å²) in [6, 6.07) is 10.9. The highest BCUT2D eigenvalue weighted by atomic mass is 32.2. The van der Waals surface area contributed by atoms with Gasteiger partial charge in [-0.2, -0.15) is 5.26 Å². The van der Waals surface area contributed by atoms with Crippen molar-refractivity contribution in [1.29, 1.82) is 5.26 Å². The molecule has 3 aromatic rings. The molecule has 0 radical (unpaired) electrons. The largest absolute Gasteiger partial charge is 0.325 e. The van der Waals surface area contributed by atoms with Crippen molar-refractivity contribution >= 4 is 44.9 Å². The molecule has 0 atom stereocenters. The van der Waals surface area contributed by atoms with Gasteiger partial charge in [-0.25, -0.2) is 9.97 Å². The minimum absolute atomic E-state index is 0.113. The molecule has 1 amide bonds. The van der Waals surface area contributed by atoms with Gasteiger partial charge in [-0.05, 0) is 37.3 Å². The van der Waals surface area contributed by atoms with Gasteiger partial charge in [-0.1, -0.05) is 11.8 Å². The number of aryl methyl sites for hydroxylation is 1. The van der Waals surface area contributed by atoms with Crippen molar-refractivity contribution in [3.05, 3.63) is 47.1 Å². The SMILES string of the molecule is Cc1cc2c(SCC(=O)Nc3ccc(C#N)cc3)ncnc2s1. The molecule has 0 spiro atoms. The van der Waals surface area contributed by atoms with Gasteiger partial charge in [0.2, 0.25) is 5.91 Å². The van der Waals surface area contributed by atoms with Crippen LogP contribution in [-0.2, 0) is 4.79 Å². The zero-order valence-corrected chi connectivity index (χ0v) is 13.9. The quantitative estimate of drug-likeness (QED) is 0.580. The predicted molar refractivity (Wildman–Crippen MR) is 92.7 cm³/mol. The van der Waals surface area contributed by atoms with E-state index < -0.39 is 0 Å². The molecule has 0 aliphatic carbocycles. The van der Waals surface area contributed by atoms with Crippen LogP contribution in [0.4, 0.5) is 5.69 Å². The first-order chi connectivity index (χ1) is 11.2. The van der Waals surface area contributed by atoms with Crippen LogP contribution >= 0.6 is 23.1 Å². The van der Waals surface area contributed by atoms with Crippen LogP contribution in [0, 0.1) is 18.3 Å². The first-order valence-corrected chi connectivity index (χ1v) is 8.60. The van der Waals surface area contributed by atoms with Crippen molar-refractivity contribution in [2.75, 3.05) is 11.1 Å². The number of carbonyl (C=O) groups excluding carboxylic acids is 1. The molecule has 1 N–H and O–H groups in total. The minimum atomic E-state index is -0.113. The van der Waals surface area contributed by atoms with Gasteiger partial charge in [-0.3, -0.25) is 4.79 Å². The topological polar surface area (TPSA) is 78.7 Å². The number of fused-ring (bicyclic) bond motifs is 1. The number of thiophene rings is 1. The molecule has 1 aromatic carbocycles. The van der Waals surface area contributed by atoms with Gasteiger partial charge < -0.3 is 5.32 Å². The lowest BCUT2D eigenvalue weighted by Crippen LogP contribution is -2.14. The third kappa shape index (κ3) is 3.67. The summed E-state index contributed by atoms with van der Waals surface area (Å²) in [7, 11) is 0. The summed E-state index contributed by atoms with van der Waals surface area (Å²) in [5.74, 6) is 0.152.